The van der Waals surface area contributed by atoms with Gasteiger partial charge in [-0.25, -0.2) is 17.9 Å². The van der Waals surface area contributed by atoms with E-state index >= 15 is 0 Å². The Balaban J connectivity index is 1.52. The van der Waals surface area contributed by atoms with Gasteiger partial charge in [-0.15, -0.1) is 0 Å². The average Bonchev–Trinajstić information content (AvgIpc) is 2.85. The van der Waals surface area contributed by atoms with E-state index < -0.39 is 21.5 Å². The van der Waals surface area contributed by atoms with Gasteiger partial charge in [-0.1, -0.05) is 30.3 Å². The van der Waals surface area contributed by atoms with E-state index in [1.165, 1.54) is 35.1 Å². The van der Waals surface area contributed by atoms with Crippen LogP contribution in [-0.2, 0) is 16.4 Å². The van der Waals surface area contributed by atoms with E-state index in [-0.39, 0.29) is 16.3 Å². The molecule has 0 bridgehead atoms. The van der Waals surface area contributed by atoms with Crippen LogP contribution in [0, 0.1) is 0 Å². The standard InChI is InChI=1S/C25H18N4O5S/c30-24-21-10-9-20(35(33,34)22-8-2-5-17-6-3-11-26-23(17)22)13-18(21)14-27-29(24)15-16-4-1-7-19(12-16)28-25(31)32/h1-14,28H,15H2,(H,31,32). The third-order valence-corrected chi connectivity index (χ3v) is 7.31. The number of amides is 1. The maximum absolute atomic E-state index is 13.4. The van der Waals surface area contributed by atoms with Gasteiger partial charge in [0.1, 0.15) is 0 Å². The van der Waals surface area contributed by atoms with Crippen molar-refractivity contribution in [1.82, 2.24) is 14.8 Å². The molecular formula is C25H18N4O5S. The maximum atomic E-state index is 13.4. The molecule has 2 N–H and O–H groups in total. The van der Waals surface area contributed by atoms with E-state index in [4.69, 9.17) is 5.11 Å². The molecule has 0 unspecified atom stereocenters. The fourth-order valence-corrected chi connectivity index (χ4v) is 5.38. The van der Waals surface area contributed by atoms with Crippen molar-refractivity contribution < 1.29 is 18.3 Å². The molecule has 5 rings (SSSR count). The first-order chi connectivity index (χ1) is 16.8. The molecule has 0 spiro atoms. The average molecular weight is 487 g/mol. The highest BCUT2D eigenvalue weighted by Crippen LogP contribution is 2.28. The van der Waals surface area contributed by atoms with E-state index in [0.29, 0.717) is 32.9 Å². The maximum Gasteiger partial charge on any atom is 0.409 e. The van der Waals surface area contributed by atoms with Crippen LogP contribution in [0.15, 0.2) is 99.8 Å². The number of fused-ring (bicyclic) bond motifs is 2. The number of nitrogens with zero attached hydrogens (tertiary/aromatic N) is 3. The van der Waals surface area contributed by atoms with Gasteiger partial charge in [-0.2, -0.15) is 5.10 Å². The van der Waals surface area contributed by atoms with Crippen LogP contribution in [0.3, 0.4) is 0 Å². The van der Waals surface area contributed by atoms with Crippen LogP contribution in [0.2, 0.25) is 0 Å². The minimum atomic E-state index is -3.90. The molecule has 1 amide bonds. The molecule has 35 heavy (non-hydrogen) atoms. The molecule has 174 valence electrons. The third-order valence-electron chi connectivity index (χ3n) is 5.53. The summed E-state index contributed by atoms with van der Waals surface area (Å²) in [6.45, 7) is 0.117. The molecule has 0 fully saturated rings. The molecule has 2 heterocycles. The van der Waals surface area contributed by atoms with Crippen molar-refractivity contribution in [2.75, 3.05) is 5.32 Å². The Morgan fingerprint density at radius 1 is 0.971 bits per heavy atom. The monoisotopic (exact) mass is 486 g/mol. The highest BCUT2D eigenvalue weighted by Gasteiger charge is 2.22. The van der Waals surface area contributed by atoms with E-state index in [2.05, 4.69) is 15.4 Å². The first-order valence-corrected chi connectivity index (χ1v) is 12.0. The molecule has 9 nitrogen and oxygen atoms in total. The number of nitrogens with one attached hydrogen (secondary N) is 1. The number of anilines is 1. The number of carboxylic acid groups (broad SMARTS) is 1. The zero-order valence-corrected chi connectivity index (χ0v) is 18.9. The first kappa shape index (κ1) is 22.2. The fraction of sp³-hybridized carbons (Fsp3) is 0.0400. The molecule has 0 radical (unpaired) electrons. The molecule has 0 aliphatic carbocycles. The zero-order valence-electron chi connectivity index (χ0n) is 18.1. The number of pyridine rings is 1. The molecule has 10 heteroatoms. The van der Waals surface area contributed by atoms with E-state index in [1.807, 2.05) is 0 Å². The lowest BCUT2D eigenvalue weighted by Crippen LogP contribution is -2.23. The smallest absolute Gasteiger partial charge is 0.409 e. The van der Waals surface area contributed by atoms with Gasteiger partial charge in [0.2, 0.25) is 9.84 Å². The Hall–Kier alpha value is -4.57. The topological polar surface area (TPSA) is 131 Å². The lowest BCUT2D eigenvalue weighted by atomic mass is 10.2. The molecular weight excluding hydrogens is 468 g/mol. The zero-order chi connectivity index (χ0) is 24.6. The van der Waals surface area contributed by atoms with E-state index in [0.717, 1.165) is 0 Å². The summed E-state index contributed by atoms with van der Waals surface area (Å²) in [5.41, 5.74) is 1.03. The minimum Gasteiger partial charge on any atom is -0.465 e. The highest BCUT2D eigenvalue weighted by molar-refractivity contribution is 7.91. The predicted octanol–water partition coefficient (Wildman–Crippen LogP) is 3.92. The highest BCUT2D eigenvalue weighted by atomic mass is 32.2. The summed E-state index contributed by atoms with van der Waals surface area (Å²) < 4.78 is 28.0. The van der Waals surface area contributed by atoms with Crippen molar-refractivity contribution in [1.29, 1.82) is 0 Å². The number of para-hydroxylation sites is 1. The number of hydrogen-bond donors (Lipinski definition) is 2. The normalized spacial score (nSPS) is 11.5. The lowest BCUT2D eigenvalue weighted by Gasteiger charge is -2.10. The minimum absolute atomic E-state index is 0.0366. The van der Waals surface area contributed by atoms with E-state index in [1.54, 1.807) is 54.7 Å². The summed E-state index contributed by atoms with van der Waals surface area (Å²) in [4.78, 5) is 28.3. The number of rotatable bonds is 5. The quantitative estimate of drug-likeness (QED) is 0.385. The summed E-state index contributed by atoms with van der Waals surface area (Å²) in [5.74, 6) is 0. The second-order valence-electron chi connectivity index (χ2n) is 7.82. The molecule has 0 saturated heterocycles. The van der Waals surface area contributed by atoms with Crippen molar-refractivity contribution in [3.8, 4) is 0 Å². The Bertz CT molecular complexity index is 1780. The second kappa shape index (κ2) is 8.65. The molecule has 0 aliphatic rings. The molecule has 0 atom stereocenters. The Morgan fingerprint density at radius 3 is 2.60 bits per heavy atom. The van der Waals surface area contributed by atoms with Crippen molar-refractivity contribution in [3.63, 3.8) is 0 Å². The number of sulfone groups is 1. The molecule has 0 saturated carbocycles. The van der Waals surface area contributed by atoms with Gasteiger partial charge >= 0.3 is 6.09 Å². The van der Waals surface area contributed by atoms with Gasteiger partial charge in [-0.05, 0) is 48.0 Å². The summed E-state index contributed by atoms with van der Waals surface area (Å²) in [7, 11) is -3.90. The molecule has 3 aromatic carbocycles. The van der Waals surface area contributed by atoms with Gasteiger partial charge in [0.15, 0.2) is 0 Å². The summed E-state index contributed by atoms with van der Waals surface area (Å²) in [6.07, 6.45) is 1.80. The lowest BCUT2D eigenvalue weighted by molar-refractivity contribution is 0.209. The van der Waals surface area contributed by atoms with Crippen LogP contribution in [0.1, 0.15) is 5.56 Å². The fourth-order valence-electron chi connectivity index (χ4n) is 3.91. The van der Waals surface area contributed by atoms with Crippen LogP contribution in [-0.4, -0.2) is 34.4 Å². The summed E-state index contributed by atoms with van der Waals surface area (Å²) in [5, 5.41) is 16.8. The first-order valence-electron chi connectivity index (χ1n) is 10.5. The summed E-state index contributed by atoms with van der Waals surface area (Å²) >= 11 is 0. The van der Waals surface area contributed by atoms with Crippen LogP contribution >= 0.6 is 0 Å². The Labute approximate surface area is 199 Å². The van der Waals surface area contributed by atoms with Gasteiger partial charge in [-0.3, -0.25) is 15.1 Å². The molecule has 0 aliphatic heterocycles. The van der Waals surface area contributed by atoms with Crippen molar-refractivity contribution in [2.45, 2.75) is 16.3 Å². The predicted molar refractivity (Wildman–Crippen MR) is 130 cm³/mol. The number of hydrogen-bond acceptors (Lipinski definition) is 6. The van der Waals surface area contributed by atoms with Gasteiger partial charge < -0.3 is 5.11 Å². The van der Waals surface area contributed by atoms with Crippen LogP contribution in [0.25, 0.3) is 21.7 Å². The van der Waals surface area contributed by atoms with Crippen LogP contribution in [0.5, 0.6) is 0 Å². The largest absolute Gasteiger partial charge is 0.465 e. The van der Waals surface area contributed by atoms with Crippen molar-refractivity contribution >= 4 is 43.3 Å². The summed E-state index contributed by atoms with van der Waals surface area (Å²) in [6, 6.07) is 19.5. The number of benzene rings is 3. The molecule has 5 aromatic rings. The third kappa shape index (κ3) is 4.22. The SMILES string of the molecule is O=C(O)Nc1cccc(Cn2ncc3cc(S(=O)(=O)c4cccc5cccnc45)ccc3c2=O)c1. The van der Waals surface area contributed by atoms with E-state index in [9.17, 15) is 18.0 Å². The van der Waals surface area contributed by atoms with Gasteiger partial charge in [0, 0.05) is 22.7 Å². The van der Waals surface area contributed by atoms with Gasteiger partial charge in [0.25, 0.3) is 5.56 Å². The Kier molecular flexibility index (Phi) is 5.50. The second-order valence-corrected chi connectivity index (χ2v) is 9.74. The van der Waals surface area contributed by atoms with Crippen LogP contribution < -0.4 is 10.9 Å². The Morgan fingerprint density at radius 2 is 1.77 bits per heavy atom. The number of aromatic nitrogens is 3. The van der Waals surface area contributed by atoms with Gasteiger partial charge in [0.05, 0.1) is 33.4 Å². The van der Waals surface area contributed by atoms with Crippen molar-refractivity contribution in [3.05, 3.63) is 101 Å². The van der Waals surface area contributed by atoms with Crippen LogP contribution in [0.4, 0.5) is 10.5 Å². The molecule has 2 aromatic heterocycles. The van der Waals surface area contributed by atoms with Crippen molar-refractivity contribution in [2.24, 2.45) is 0 Å². The number of carbonyl (C=O) groups is 1.